The van der Waals surface area contributed by atoms with Crippen LogP contribution in [0.2, 0.25) is 0 Å². The summed E-state index contributed by atoms with van der Waals surface area (Å²) in [6, 6.07) is -7.68. The first kappa shape index (κ1) is 47.6. The zero-order valence-corrected chi connectivity index (χ0v) is 31.2. The number of hydrogen-bond donors (Lipinski definition) is 11. The van der Waals surface area contributed by atoms with Gasteiger partial charge in [-0.2, -0.15) is 0 Å². The van der Waals surface area contributed by atoms with Crippen molar-refractivity contribution in [1.82, 2.24) is 37.2 Å². The number of aliphatic carboxylic acids is 1. The molecule has 0 unspecified atom stereocenters. The summed E-state index contributed by atoms with van der Waals surface area (Å²) >= 11 is 0. The Hall–Kier alpha value is -4.36. The number of hydrogen-bond acceptors (Lipinski definition) is 11. The molecule has 0 fully saturated rings. The van der Waals surface area contributed by atoms with Gasteiger partial charge in [-0.05, 0) is 57.9 Å². The molecule has 19 nitrogen and oxygen atoms in total. The van der Waals surface area contributed by atoms with E-state index in [2.05, 4.69) is 31.9 Å². The van der Waals surface area contributed by atoms with Crippen molar-refractivity contribution >= 4 is 47.3 Å². The fourth-order valence-corrected chi connectivity index (χ4v) is 4.75. The van der Waals surface area contributed by atoms with Crippen LogP contribution in [0.25, 0.3) is 0 Å². The monoisotopic (exact) mass is 744 g/mol. The van der Waals surface area contributed by atoms with Gasteiger partial charge in [-0.15, -0.1) is 0 Å². The summed E-state index contributed by atoms with van der Waals surface area (Å²) in [5, 5.41) is 45.6. The van der Waals surface area contributed by atoms with Gasteiger partial charge in [0.2, 0.25) is 41.4 Å². The van der Waals surface area contributed by atoms with Crippen LogP contribution in [-0.2, 0) is 38.4 Å². The highest BCUT2D eigenvalue weighted by molar-refractivity contribution is 5.96. The first-order valence-electron chi connectivity index (χ1n) is 17.6. The molecular formula is C33H60N8O11. The lowest BCUT2D eigenvalue weighted by Crippen LogP contribution is -2.60. The number of carboxylic acid groups (broad SMARTS) is 1. The number of carbonyl (C=O) groups excluding carboxylic acids is 7. The first-order chi connectivity index (χ1) is 24.3. The quantitative estimate of drug-likeness (QED) is 0.0420. The van der Waals surface area contributed by atoms with E-state index in [4.69, 9.17) is 10.8 Å². The summed E-state index contributed by atoms with van der Waals surface area (Å²) in [6.07, 6.45) is 0.700. The van der Waals surface area contributed by atoms with Crippen LogP contribution < -0.4 is 43.0 Å². The molecule has 0 aliphatic carbocycles. The van der Waals surface area contributed by atoms with Crippen molar-refractivity contribution < 1.29 is 53.7 Å². The van der Waals surface area contributed by atoms with E-state index in [0.717, 1.165) is 0 Å². The predicted molar refractivity (Wildman–Crippen MR) is 189 cm³/mol. The Balaban J connectivity index is 5.73. The molecule has 52 heavy (non-hydrogen) atoms. The number of aliphatic hydroxyl groups excluding tert-OH is 2. The molecule has 0 saturated carbocycles. The molecule has 0 rings (SSSR count). The van der Waals surface area contributed by atoms with E-state index >= 15 is 0 Å². The van der Waals surface area contributed by atoms with Gasteiger partial charge >= 0.3 is 5.97 Å². The van der Waals surface area contributed by atoms with Gasteiger partial charge in [-0.3, -0.25) is 33.6 Å². The van der Waals surface area contributed by atoms with Crippen LogP contribution in [0.3, 0.4) is 0 Å². The van der Waals surface area contributed by atoms with Gasteiger partial charge in [-0.25, -0.2) is 4.79 Å². The van der Waals surface area contributed by atoms with E-state index in [1.165, 1.54) is 13.8 Å². The molecule has 298 valence electrons. The van der Waals surface area contributed by atoms with E-state index in [1.807, 2.05) is 12.2 Å². The van der Waals surface area contributed by atoms with Crippen molar-refractivity contribution in [3.8, 4) is 0 Å². The average Bonchev–Trinajstić information content (AvgIpc) is 3.07. The molecular weight excluding hydrogens is 684 g/mol. The molecule has 0 heterocycles. The summed E-state index contributed by atoms with van der Waals surface area (Å²) in [5.74, 6) is -7.38. The van der Waals surface area contributed by atoms with Crippen LogP contribution in [0.4, 0.5) is 0 Å². The minimum atomic E-state index is -1.69. The Morgan fingerprint density at radius 3 is 1.73 bits per heavy atom. The topological polar surface area (TPSA) is 307 Å². The molecule has 0 aromatic heterocycles. The minimum absolute atomic E-state index is 0.0556. The van der Waals surface area contributed by atoms with Crippen LogP contribution in [0.15, 0.2) is 0 Å². The Kier molecular flexibility index (Phi) is 22.7. The Morgan fingerprint density at radius 2 is 1.23 bits per heavy atom. The number of aliphatic hydroxyl groups is 2. The third-order valence-corrected chi connectivity index (χ3v) is 8.17. The van der Waals surface area contributed by atoms with Gasteiger partial charge in [0.25, 0.3) is 0 Å². The minimum Gasteiger partial charge on any atom is -0.480 e. The summed E-state index contributed by atoms with van der Waals surface area (Å²) in [5.41, 5.74) is 5.56. The Labute approximate surface area is 304 Å². The highest BCUT2D eigenvalue weighted by Gasteiger charge is 2.34. The van der Waals surface area contributed by atoms with Crippen molar-refractivity contribution in [1.29, 1.82) is 0 Å². The summed E-state index contributed by atoms with van der Waals surface area (Å²) < 4.78 is 0. The van der Waals surface area contributed by atoms with Gasteiger partial charge in [0, 0.05) is 6.42 Å². The van der Waals surface area contributed by atoms with Gasteiger partial charge in [0.15, 0.2) is 0 Å². The standard InChI is InChI=1S/C33H60N8O11/c1-8-12-23(44)36-19(6)28(46)39-25(17(3)4)31(49)40-26(18(5)9-2)30(48)35-15-24(45)37-21(13-10-11-14-34)29(47)41-27(20(7)43)32(50)38-22(16-42)33(51)52/h17-22,25-27,42-43H,8-16,34H2,1-7H3,(H,35,48)(H,36,44)(H,37,45)(H,38,50)(H,39,46)(H,40,49)(H,41,47)(H,51,52)/t18-,19-,20+,21-,22-,25-,26-,27-/m0/s1. The fraction of sp³-hybridized carbons (Fsp3) is 0.758. The molecule has 19 heteroatoms. The second-order valence-electron chi connectivity index (χ2n) is 13.1. The number of rotatable bonds is 25. The van der Waals surface area contributed by atoms with E-state index < -0.39 is 109 Å². The van der Waals surface area contributed by atoms with Crippen LogP contribution in [0.1, 0.15) is 87.0 Å². The van der Waals surface area contributed by atoms with Crippen LogP contribution >= 0.6 is 0 Å². The van der Waals surface area contributed by atoms with Crippen LogP contribution in [-0.4, -0.2) is 125 Å². The van der Waals surface area contributed by atoms with Crippen molar-refractivity contribution in [3.05, 3.63) is 0 Å². The van der Waals surface area contributed by atoms with Gasteiger partial charge in [-0.1, -0.05) is 41.0 Å². The fourth-order valence-electron chi connectivity index (χ4n) is 4.75. The second-order valence-corrected chi connectivity index (χ2v) is 13.1. The van der Waals surface area contributed by atoms with Crippen molar-refractivity contribution in [2.75, 3.05) is 19.7 Å². The van der Waals surface area contributed by atoms with Gasteiger partial charge in [0.1, 0.15) is 36.3 Å². The third kappa shape index (κ3) is 17.2. The van der Waals surface area contributed by atoms with Crippen molar-refractivity contribution in [2.24, 2.45) is 17.6 Å². The van der Waals surface area contributed by atoms with Crippen LogP contribution in [0, 0.1) is 11.8 Å². The number of carbonyl (C=O) groups is 8. The lowest BCUT2D eigenvalue weighted by atomic mass is 9.96. The normalized spacial score (nSPS) is 15.7. The zero-order chi connectivity index (χ0) is 40.1. The molecule has 0 aromatic carbocycles. The highest BCUT2D eigenvalue weighted by atomic mass is 16.4. The van der Waals surface area contributed by atoms with Crippen molar-refractivity contribution in [2.45, 2.75) is 129 Å². The maximum Gasteiger partial charge on any atom is 0.328 e. The molecule has 0 aliphatic rings. The lowest BCUT2D eigenvalue weighted by Gasteiger charge is -2.29. The summed E-state index contributed by atoms with van der Waals surface area (Å²) in [6.45, 7) is 10.1. The maximum absolute atomic E-state index is 13.4. The third-order valence-electron chi connectivity index (χ3n) is 8.17. The SMILES string of the molecule is CCCC(=O)N[C@@H](C)C(=O)N[C@H](C(=O)N[C@H](C(=O)NCC(=O)N[C@@H](CCCCN)C(=O)N[C@H](C(=O)N[C@@H](CO)C(=O)O)[C@@H](C)O)[C@@H](C)CC)C(C)C. The zero-order valence-electron chi connectivity index (χ0n) is 31.2. The molecule has 0 saturated heterocycles. The molecule has 0 radical (unpaired) electrons. The van der Waals surface area contributed by atoms with Gasteiger partial charge in [0.05, 0.1) is 19.3 Å². The smallest absolute Gasteiger partial charge is 0.328 e. The molecule has 8 atom stereocenters. The van der Waals surface area contributed by atoms with E-state index in [-0.39, 0.29) is 25.3 Å². The predicted octanol–water partition coefficient (Wildman–Crippen LogP) is -2.88. The van der Waals surface area contributed by atoms with E-state index in [1.54, 1.807) is 27.7 Å². The lowest BCUT2D eigenvalue weighted by molar-refractivity contribution is -0.144. The molecule has 12 N–H and O–H groups in total. The molecule has 0 aliphatic heterocycles. The number of unbranched alkanes of at least 4 members (excludes halogenated alkanes) is 1. The number of nitrogens with two attached hydrogens (primary N) is 1. The van der Waals surface area contributed by atoms with Gasteiger partial charge < -0.3 is 58.3 Å². The maximum atomic E-state index is 13.4. The molecule has 0 spiro atoms. The molecule has 0 bridgehead atoms. The second kappa shape index (κ2) is 24.8. The van der Waals surface area contributed by atoms with Crippen molar-refractivity contribution in [3.63, 3.8) is 0 Å². The summed E-state index contributed by atoms with van der Waals surface area (Å²) in [4.78, 5) is 101. The Morgan fingerprint density at radius 1 is 0.654 bits per heavy atom. The number of amides is 7. The average molecular weight is 745 g/mol. The molecule has 7 amide bonds. The highest BCUT2D eigenvalue weighted by Crippen LogP contribution is 2.11. The first-order valence-corrected chi connectivity index (χ1v) is 17.6. The van der Waals surface area contributed by atoms with E-state index in [0.29, 0.717) is 25.7 Å². The van der Waals surface area contributed by atoms with Crippen LogP contribution in [0.5, 0.6) is 0 Å². The largest absolute Gasteiger partial charge is 0.480 e. The molecule has 0 aromatic rings. The summed E-state index contributed by atoms with van der Waals surface area (Å²) in [7, 11) is 0. The van der Waals surface area contributed by atoms with E-state index in [9.17, 15) is 48.6 Å². The Bertz CT molecular complexity index is 1220. The number of carboxylic acids is 1. The number of nitrogens with one attached hydrogen (secondary N) is 7.